The zero-order valence-corrected chi connectivity index (χ0v) is 10.3. The monoisotopic (exact) mass is 264 g/mol. The number of nitrogens with zero attached hydrogens (tertiary/aromatic N) is 1. The van der Waals surface area contributed by atoms with E-state index < -0.39 is 32.6 Å². The van der Waals surface area contributed by atoms with Gasteiger partial charge < -0.3 is 5.73 Å². The van der Waals surface area contributed by atoms with Gasteiger partial charge in [0.15, 0.2) is 0 Å². The molecule has 7 heteroatoms. The Morgan fingerprint density at radius 2 is 2.00 bits per heavy atom. The highest BCUT2D eigenvalue weighted by Crippen LogP contribution is 2.20. The molecule has 2 N–H and O–H groups in total. The number of hydrogen-bond acceptors (Lipinski definition) is 3. The van der Waals surface area contributed by atoms with E-state index in [-0.39, 0.29) is 6.54 Å². The number of likely N-dealkylation sites (N-methyl/N-ethyl adjacent to an activating group) is 1. The van der Waals surface area contributed by atoms with E-state index in [9.17, 15) is 17.2 Å². The van der Waals surface area contributed by atoms with Gasteiger partial charge in [-0.05, 0) is 25.1 Å². The maximum Gasteiger partial charge on any atom is 0.246 e. The largest absolute Gasteiger partial charge is 0.329 e. The second-order valence-electron chi connectivity index (χ2n) is 3.68. The predicted octanol–water partition coefficient (Wildman–Crippen LogP) is 0.932. The van der Waals surface area contributed by atoms with Crippen molar-refractivity contribution in [2.75, 3.05) is 13.6 Å². The van der Waals surface area contributed by atoms with Gasteiger partial charge in [0.2, 0.25) is 10.0 Å². The Balaban J connectivity index is 3.26. The normalized spacial score (nSPS) is 14.0. The minimum atomic E-state index is -4.07. The number of benzene rings is 1. The van der Waals surface area contributed by atoms with E-state index in [0.29, 0.717) is 6.07 Å². The number of hydrogen-bond donors (Lipinski definition) is 1. The van der Waals surface area contributed by atoms with E-state index in [4.69, 9.17) is 5.73 Å². The summed E-state index contributed by atoms with van der Waals surface area (Å²) in [6.07, 6.45) is 0. The second-order valence-corrected chi connectivity index (χ2v) is 5.65. The van der Waals surface area contributed by atoms with Crippen molar-refractivity contribution in [3.05, 3.63) is 29.8 Å². The summed E-state index contributed by atoms with van der Waals surface area (Å²) in [5.41, 5.74) is 5.34. The molecule has 0 aliphatic heterocycles. The van der Waals surface area contributed by atoms with Crippen LogP contribution < -0.4 is 5.73 Å². The van der Waals surface area contributed by atoms with Crippen LogP contribution in [0.2, 0.25) is 0 Å². The summed E-state index contributed by atoms with van der Waals surface area (Å²) in [5, 5.41) is 0. The zero-order valence-electron chi connectivity index (χ0n) is 9.52. The summed E-state index contributed by atoms with van der Waals surface area (Å²) in [4.78, 5) is -0.680. The maximum atomic E-state index is 13.4. The number of nitrogens with two attached hydrogens (primary N) is 1. The molecule has 1 aromatic rings. The van der Waals surface area contributed by atoms with Gasteiger partial charge in [-0.3, -0.25) is 0 Å². The highest BCUT2D eigenvalue weighted by molar-refractivity contribution is 7.89. The lowest BCUT2D eigenvalue weighted by atomic mass is 10.3. The van der Waals surface area contributed by atoms with Crippen molar-refractivity contribution in [1.29, 1.82) is 0 Å². The third-order valence-corrected chi connectivity index (χ3v) is 4.50. The molecule has 1 aromatic carbocycles. The smallest absolute Gasteiger partial charge is 0.246 e. The number of rotatable bonds is 4. The topological polar surface area (TPSA) is 63.4 Å². The predicted molar refractivity (Wildman–Crippen MR) is 59.8 cm³/mol. The number of halogens is 2. The van der Waals surface area contributed by atoms with Crippen LogP contribution in [0.4, 0.5) is 8.78 Å². The van der Waals surface area contributed by atoms with E-state index in [2.05, 4.69) is 0 Å². The minimum absolute atomic E-state index is 0.0899. The highest BCUT2D eigenvalue weighted by atomic mass is 32.2. The van der Waals surface area contributed by atoms with Crippen LogP contribution in [0.15, 0.2) is 23.1 Å². The molecule has 0 fully saturated rings. The van der Waals surface area contributed by atoms with Crippen LogP contribution in [0.5, 0.6) is 0 Å². The van der Waals surface area contributed by atoms with E-state index >= 15 is 0 Å². The van der Waals surface area contributed by atoms with Crippen molar-refractivity contribution in [3.63, 3.8) is 0 Å². The van der Waals surface area contributed by atoms with Crippen LogP contribution in [0.3, 0.4) is 0 Å². The Kier molecular flexibility index (Phi) is 4.18. The summed E-state index contributed by atoms with van der Waals surface area (Å²) in [7, 11) is -2.79. The second kappa shape index (κ2) is 5.07. The zero-order chi connectivity index (χ0) is 13.2. The lowest BCUT2D eigenvalue weighted by Gasteiger charge is -2.23. The van der Waals surface area contributed by atoms with Crippen LogP contribution in [0, 0.1) is 11.6 Å². The molecule has 0 saturated carbocycles. The van der Waals surface area contributed by atoms with Gasteiger partial charge in [0.05, 0.1) is 0 Å². The molecule has 0 spiro atoms. The third-order valence-electron chi connectivity index (χ3n) is 2.51. The molecular formula is C10H14F2N2O2S. The lowest BCUT2D eigenvalue weighted by molar-refractivity contribution is 0.391. The summed E-state index contributed by atoms with van der Waals surface area (Å²) in [5.74, 6) is -1.79. The van der Waals surface area contributed by atoms with Gasteiger partial charge in [-0.25, -0.2) is 17.2 Å². The quantitative estimate of drug-likeness (QED) is 0.880. The van der Waals surface area contributed by atoms with Gasteiger partial charge in [-0.2, -0.15) is 4.31 Å². The lowest BCUT2D eigenvalue weighted by Crippen LogP contribution is -2.40. The molecule has 0 amide bonds. The van der Waals surface area contributed by atoms with Crippen LogP contribution >= 0.6 is 0 Å². The van der Waals surface area contributed by atoms with Crippen LogP contribution in [-0.4, -0.2) is 32.4 Å². The van der Waals surface area contributed by atoms with E-state index in [1.807, 2.05) is 0 Å². The first-order valence-electron chi connectivity index (χ1n) is 4.94. The Morgan fingerprint density at radius 3 is 2.53 bits per heavy atom. The van der Waals surface area contributed by atoms with Gasteiger partial charge in [0.25, 0.3) is 0 Å². The van der Waals surface area contributed by atoms with Gasteiger partial charge in [-0.15, -0.1) is 0 Å². The van der Waals surface area contributed by atoms with Gasteiger partial charge >= 0.3 is 0 Å². The minimum Gasteiger partial charge on any atom is -0.329 e. The molecular weight excluding hydrogens is 250 g/mol. The van der Waals surface area contributed by atoms with Crippen LogP contribution in [-0.2, 0) is 10.0 Å². The molecule has 1 rings (SSSR count). The molecule has 0 aromatic heterocycles. The first-order valence-corrected chi connectivity index (χ1v) is 6.38. The van der Waals surface area contributed by atoms with E-state index in [1.165, 1.54) is 7.05 Å². The molecule has 17 heavy (non-hydrogen) atoms. The van der Waals surface area contributed by atoms with Crippen molar-refractivity contribution in [3.8, 4) is 0 Å². The molecule has 1 unspecified atom stereocenters. The fourth-order valence-corrected chi connectivity index (χ4v) is 2.66. The Morgan fingerprint density at radius 1 is 1.41 bits per heavy atom. The molecule has 0 radical (unpaired) electrons. The molecule has 0 aliphatic carbocycles. The van der Waals surface area contributed by atoms with Crippen molar-refractivity contribution in [2.45, 2.75) is 17.9 Å². The van der Waals surface area contributed by atoms with Crippen molar-refractivity contribution in [2.24, 2.45) is 5.73 Å². The van der Waals surface area contributed by atoms with Gasteiger partial charge in [-0.1, -0.05) is 0 Å². The molecule has 1 atom stereocenters. The Hall–Kier alpha value is -1.05. The fraction of sp³-hybridized carbons (Fsp3) is 0.400. The third kappa shape index (κ3) is 2.80. The van der Waals surface area contributed by atoms with E-state index in [0.717, 1.165) is 16.4 Å². The first kappa shape index (κ1) is 14.0. The van der Waals surface area contributed by atoms with Gasteiger partial charge in [0, 0.05) is 19.6 Å². The molecule has 0 heterocycles. The van der Waals surface area contributed by atoms with Crippen molar-refractivity contribution >= 4 is 10.0 Å². The standard InChI is InChI=1S/C10H14F2N2O2S/c1-7(6-13)14(2)17(15,16)10-5-8(11)3-4-9(10)12/h3-5,7H,6,13H2,1-2H3. The van der Waals surface area contributed by atoms with E-state index in [1.54, 1.807) is 6.92 Å². The van der Waals surface area contributed by atoms with Crippen molar-refractivity contribution < 1.29 is 17.2 Å². The summed E-state index contributed by atoms with van der Waals surface area (Å²) >= 11 is 0. The molecule has 4 nitrogen and oxygen atoms in total. The van der Waals surface area contributed by atoms with Crippen molar-refractivity contribution in [1.82, 2.24) is 4.31 Å². The summed E-state index contributed by atoms with van der Waals surface area (Å²) in [6, 6.07) is 1.80. The fourth-order valence-electron chi connectivity index (χ4n) is 1.22. The first-order chi connectivity index (χ1) is 7.80. The Labute approximate surface area is 99.1 Å². The average Bonchev–Trinajstić information content (AvgIpc) is 2.30. The summed E-state index contributed by atoms with van der Waals surface area (Å²) < 4.78 is 51.2. The average molecular weight is 264 g/mol. The van der Waals surface area contributed by atoms with Crippen LogP contribution in [0.1, 0.15) is 6.92 Å². The molecule has 96 valence electrons. The summed E-state index contributed by atoms with van der Waals surface area (Å²) in [6.45, 7) is 1.67. The molecule has 0 aliphatic rings. The highest BCUT2D eigenvalue weighted by Gasteiger charge is 2.27. The van der Waals surface area contributed by atoms with Gasteiger partial charge in [0.1, 0.15) is 16.5 Å². The number of sulfonamides is 1. The SMILES string of the molecule is CC(CN)N(C)S(=O)(=O)c1cc(F)ccc1F. The Bertz CT molecular complexity index is 505. The molecule has 0 bridgehead atoms. The molecule has 0 saturated heterocycles. The van der Waals surface area contributed by atoms with Crippen LogP contribution in [0.25, 0.3) is 0 Å². The maximum absolute atomic E-state index is 13.4.